The summed E-state index contributed by atoms with van der Waals surface area (Å²) in [6.45, 7) is 7.91. The van der Waals surface area contributed by atoms with E-state index in [0.29, 0.717) is 43.4 Å². The summed E-state index contributed by atoms with van der Waals surface area (Å²) in [4.78, 5) is 50.1. The number of nitrogens with one attached hydrogen (secondary N) is 2. The first kappa shape index (κ1) is 90.5. The molecule has 0 aromatic heterocycles. The van der Waals surface area contributed by atoms with Crippen molar-refractivity contribution >= 4 is 24.2 Å². The number of hydrogen-bond acceptors (Lipinski definition) is 12. The molecule has 14 rings (SSSR count). The average Bonchev–Trinajstić information content (AvgIpc) is 1.54. The molecule has 0 saturated heterocycles. The Kier molecular flexibility index (Phi) is 34.4. The molecule has 14 heteroatoms. The smallest absolute Gasteiger partial charge is 0.408 e. The van der Waals surface area contributed by atoms with Gasteiger partial charge >= 0.3 is 6.09 Å². The normalized spacial score (nSPS) is 12.1. The minimum atomic E-state index is -0.680. The Bertz CT molecular complexity index is 5040. The van der Waals surface area contributed by atoms with Gasteiger partial charge in [0.15, 0.2) is 6.10 Å². The van der Waals surface area contributed by atoms with E-state index >= 15 is 0 Å². The molecule has 12 aromatic carbocycles. The van der Waals surface area contributed by atoms with Crippen molar-refractivity contribution in [2.45, 2.75) is 132 Å². The van der Waals surface area contributed by atoms with Crippen molar-refractivity contribution in [2.75, 3.05) is 40.4 Å². The number of rotatable bonds is 29. The van der Waals surface area contributed by atoms with Crippen LogP contribution in [0.15, 0.2) is 301 Å². The zero-order valence-corrected chi connectivity index (χ0v) is 63.4. The molecule has 0 spiro atoms. The second kappa shape index (κ2) is 44.1. The predicted molar refractivity (Wildman–Crippen MR) is 472 cm³/mol. The number of aryl methyl sites for hydroxylation is 2. The number of aliphatic imine (C=N–C) groups is 2. The van der Waals surface area contributed by atoms with Crippen LogP contribution in [0, 0.1) is 13.8 Å². The molecule has 116 heavy (non-hydrogen) atoms. The Morgan fingerprint density at radius 1 is 0.362 bits per heavy atom. The number of isocyanates is 2. The molecule has 600 valence electrons. The summed E-state index contributed by atoms with van der Waals surface area (Å²) in [6, 6.07) is 99.8. The number of fused-ring (bicyclic) bond motifs is 6. The fourth-order valence-electron chi connectivity index (χ4n) is 15.0. The lowest BCUT2D eigenvalue weighted by Crippen LogP contribution is -2.28. The fourth-order valence-corrected chi connectivity index (χ4v) is 15.0. The second-order valence-electron chi connectivity index (χ2n) is 27.7. The van der Waals surface area contributed by atoms with Gasteiger partial charge in [-0.1, -0.05) is 292 Å². The minimum absolute atomic E-state index is 0. The van der Waals surface area contributed by atoms with Crippen LogP contribution in [0.4, 0.5) is 4.79 Å². The van der Waals surface area contributed by atoms with Gasteiger partial charge in [-0.15, -0.1) is 0 Å². The Morgan fingerprint density at radius 2 is 0.638 bits per heavy atom. The van der Waals surface area contributed by atoms with Crippen molar-refractivity contribution in [2.24, 2.45) is 9.98 Å². The SMILES string of the molecule is C.C.C.C.C.COc1ccc(C2(c3ccc(Oc4ccc(C(O)c5ccc(C)cc5)cc4)cc3)c3ccccc3-c3ccccc32)cc1.COc1ccc(C2(c3ccc(Oc4ccc(C(OC(=O)NCCCCCCNC(C)=O)c5ccc(C)cc5)cc4)cc3)c3ccccc3-c3ccccc32)cc1.O=C=NCCCCCCN=C=O. The lowest BCUT2D eigenvalue weighted by atomic mass is 9.68. The molecule has 2 unspecified atom stereocenters. The molecule has 2 amide bonds. The van der Waals surface area contributed by atoms with E-state index in [4.69, 9.17) is 23.7 Å². The van der Waals surface area contributed by atoms with Crippen LogP contribution in [-0.2, 0) is 30.0 Å². The lowest BCUT2D eigenvalue weighted by molar-refractivity contribution is -0.118. The number of amides is 2. The number of aliphatic hydroxyl groups is 1. The number of aliphatic hydroxyl groups excluding tert-OH is 1. The van der Waals surface area contributed by atoms with Gasteiger partial charge in [0, 0.05) is 20.0 Å². The molecule has 2 atom stereocenters. The molecule has 14 nitrogen and oxygen atoms in total. The van der Waals surface area contributed by atoms with Crippen molar-refractivity contribution in [3.05, 3.63) is 369 Å². The number of hydrogen-bond donors (Lipinski definition) is 3. The van der Waals surface area contributed by atoms with Gasteiger partial charge in [-0.2, -0.15) is 0 Å². The van der Waals surface area contributed by atoms with Crippen LogP contribution >= 0.6 is 0 Å². The Morgan fingerprint density at radius 3 is 0.957 bits per heavy atom. The van der Waals surface area contributed by atoms with Crippen molar-refractivity contribution < 1.29 is 48.0 Å². The predicted octanol–water partition coefficient (Wildman–Crippen LogP) is 24.3. The Labute approximate surface area is 687 Å². The maximum Gasteiger partial charge on any atom is 0.408 e. The summed E-state index contributed by atoms with van der Waals surface area (Å²) >= 11 is 0. The molecule has 0 heterocycles. The van der Waals surface area contributed by atoms with Crippen molar-refractivity contribution in [1.29, 1.82) is 0 Å². The highest BCUT2D eigenvalue weighted by Gasteiger charge is 2.47. The van der Waals surface area contributed by atoms with E-state index in [1.165, 1.54) is 80.3 Å². The number of carbonyl (C=O) groups is 2. The number of alkyl carbamates (subject to hydrolysis) is 1. The van der Waals surface area contributed by atoms with Crippen LogP contribution in [0.2, 0.25) is 0 Å². The van der Waals surface area contributed by atoms with Crippen molar-refractivity contribution in [3.63, 3.8) is 0 Å². The zero-order chi connectivity index (χ0) is 77.4. The highest BCUT2D eigenvalue weighted by atomic mass is 16.6. The summed E-state index contributed by atoms with van der Waals surface area (Å²) in [7, 11) is 3.39. The van der Waals surface area contributed by atoms with Gasteiger partial charge in [-0.25, -0.2) is 24.4 Å². The van der Waals surface area contributed by atoms with Crippen molar-refractivity contribution in [3.8, 4) is 56.8 Å². The Hall–Kier alpha value is -12.7. The van der Waals surface area contributed by atoms with Gasteiger partial charge in [0.25, 0.3) is 0 Å². The number of unbranched alkanes of at least 4 members (excludes halogenated alkanes) is 6. The summed E-state index contributed by atoms with van der Waals surface area (Å²) in [5, 5.41) is 16.6. The van der Waals surface area contributed by atoms with Gasteiger partial charge in [-0.3, -0.25) is 4.79 Å². The molecule has 0 bridgehead atoms. The zero-order valence-electron chi connectivity index (χ0n) is 63.4. The van der Waals surface area contributed by atoms with Gasteiger partial charge < -0.3 is 39.4 Å². The van der Waals surface area contributed by atoms with E-state index in [1.54, 1.807) is 14.2 Å². The molecule has 0 fully saturated rings. The van der Waals surface area contributed by atoms with Crippen LogP contribution in [0.5, 0.6) is 34.5 Å². The third kappa shape index (κ3) is 21.2. The summed E-state index contributed by atoms with van der Waals surface area (Å²) in [5.74, 6) is 4.49. The molecule has 3 N–H and O–H groups in total. The molecule has 2 aliphatic rings. The van der Waals surface area contributed by atoms with E-state index < -0.39 is 29.1 Å². The molecule has 0 aliphatic heterocycles. The third-order valence-electron chi connectivity index (χ3n) is 20.5. The van der Waals surface area contributed by atoms with Gasteiger partial charge in [0.2, 0.25) is 18.1 Å². The Balaban J connectivity index is 0.000000276. The maximum atomic E-state index is 13.0. The minimum Gasteiger partial charge on any atom is -0.497 e. The molecular formula is C102H112N4O10. The summed E-state index contributed by atoms with van der Waals surface area (Å²) in [5.41, 5.74) is 19.3. The van der Waals surface area contributed by atoms with Crippen LogP contribution in [0.25, 0.3) is 22.3 Å². The van der Waals surface area contributed by atoms with E-state index in [-0.39, 0.29) is 43.0 Å². The number of benzene rings is 12. The summed E-state index contributed by atoms with van der Waals surface area (Å²) in [6.07, 6.45) is 8.75. The number of ether oxygens (including phenoxy) is 5. The number of carbonyl (C=O) groups excluding carboxylic acids is 4. The number of nitrogens with zero attached hydrogens (tertiary/aromatic N) is 2. The molecule has 0 radical (unpaired) electrons. The van der Waals surface area contributed by atoms with E-state index in [9.17, 15) is 24.3 Å². The van der Waals surface area contributed by atoms with Gasteiger partial charge in [-0.05, 0) is 201 Å². The monoisotopic (exact) mass is 1550 g/mol. The largest absolute Gasteiger partial charge is 0.497 e. The lowest BCUT2D eigenvalue weighted by Gasteiger charge is -2.34. The molecule has 12 aromatic rings. The van der Waals surface area contributed by atoms with Crippen molar-refractivity contribution in [1.82, 2.24) is 10.6 Å². The van der Waals surface area contributed by atoms with Crippen LogP contribution < -0.4 is 29.6 Å². The topological polar surface area (TPSA) is 183 Å². The number of methoxy groups -OCH3 is 2. The third-order valence-corrected chi connectivity index (χ3v) is 20.5. The molecular weight excluding hydrogens is 1440 g/mol. The molecule has 2 aliphatic carbocycles. The van der Waals surface area contributed by atoms with Gasteiger partial charge in [0.05, 0.1) is 38.1 Å². The highest BCUT2D eigenvalue weighted by Crippen LogP contribution is 2.58. The standard InChI is InChI=1S/C49H48N2O5.C40H32O3.C8H12N2O2.5CH4/c1-34-16-18-36(19-17-34)47(56-48(53)51-33-11-5-4-10-32-50-35(2)52)37-20-26-41(27-21-37)55-42-30-24-39(25-31-42)49(38-22-28-40(54-3)29-23-38)45-14-8-6-12-43(45)44-13-7-9-15-46(44)49;1-27-11-13-28(14-12-27)39(41)29-15-21-33(22-16-29)43-34-25-19-31(20-26-34)40(30-17-23-32(42-2)24-18-30)37-9-5-3-7-35(37)36-8-4-6-10-38(36)40;11-7-9-5-3-1-2-4-6-10-8-12;;;;;/h6-9,12-31,47H,4-5,10-11,32-33H2,1-3H3,(H,50,52)(H,51,53);3-26,39,41H,1-2H3;1-6H2;5*1H4. The van der Waals surface area contributed by atoms with Crippen LogP contribution in [0.3, 0.4) is 0 Å². The first-order valence-electron chi connectivity index (χ1n) is 37.9. The van der Waals surface area contributed by atoms with E-state index in [1.807, 2.05) is 159 Å². The summed E-state index contributed by atoms with van der Waals surface area (Å²) < 4.78 is 29.7. The quantitative estimate of drug-likeness (QED) is 0.0232. The van der Waals surface area contributed by atoms with Gasteiger partial charge in [0.1, 0.15) is 40.6 Å². The van der Waals surface area contributed by atoms with Crippen LogP contribution in [0.1, 0.15) is 186 Å². The highest BCUT2D eigenvalue weighted by molar-refractivity contribution is 5.88. The van der Waals surface area contributed by atoms with Crippen LogP contribution in [-0.4, -0.2) is 69.7 Å². The second-order valence-corrected chi connectivity index (χ2v) is 27.7. The fraction of sp³-hybridized carbons (Fsp3) is 0.255. The maximum absolute atomic E-state index is 13.0. The first-order chi connectivity index (χ1) is 54.3. The average molecular weight is 1550 g/mol. The molecule has 0 saturated carbocycles. The van der Waals surface area contributed by atoms with E-state index in [2.05, 4.69) is 166 Å². The van der Waals surface area contributed by atoms with E-state index in [0.717, 1.165) is 108 Å². The first-order valence-corrected chi connectivity index (χ1v) is 37.9.